The zero-order valence-corrected chi connectivity index (χ0v) is 11.4. The number of nitrogens with one attached hydrogen (secondary N) is 1. The van der Waals surface area contributed by atoms with E-state index >= 15 is 0 Å². The monoisotopic (exact) mass is 283 g/mol. The fourth-order valence-corrected chi connectivity index (χ4v) is 2.13. The lowest BCUT2D eigenvalue weighted by Crippen LogP contribution is -2.29. The lowest BCUT2D eigenvalue weighted by molar-refractivity contribution is -0.142. The maximum atomic E-state index is 11.4. The Kier molecular flexibility index (Phi) is 9.85. The third-order valence-corrected chi connectivity index (χ3v) is 3.29. The lowest BCUT2D eigenvalue weighted by atomic mass is 10.5. The predicted molar refractivity (Wildman–Crippen MR) is 65.6 cm³/mol. The van der Waals surface area contributed by atoms with E-state index in [-0.39, 0.29) is 38.5 Å². The molecule has 0 spiro atoms. The molecule has 0 saturated carbocycles. The van der Waals surface area contributed by atoms with Crippen molar-refractivity contribution in [3.05, 3.63) is 0 Å². The number of aliphatic hydroxyl groups excluding tert-OH is 1. The van der Waals surface area contributed by atoms with Gasteiger partial charge >= 0.3 is 5.97 Å². The van der Waals surface area contributed by atoms with E-state index in [4.69, 9.17) is 9.84 Å². The summed E-state index contributed by atoms with van der Waals surface area (Å²) < 4.78 is 34.8. The van der Waals surface area contributed by atoms with E-state index in [1.807, 2.05) is 0 Å². The summed E-state index contributed by atoms with van der Waals surface area (Å²) in [5, 5.41) is 8.44. The maximum absolute atomic E-state index is 11.4. The summed E-state index contributed by atoms with van der Waals surface area (Å²) in [6.45, 7) is 2.73. The third-order valence-electron chi connectivity index (χ3n) is 1.90. The Morgan fingerprint density at radius 1 is 1.33 bits per heavy atom. The molecular formula is C10H21NO6S. The van der Waals surface area contributed by atoms with Crippen LogP contribution < -0.4 is 4.72 Å². The van der Waals surface area contributed by atoms with Crippen LogP contribution in [-0.4, -0.2) is 58.2 Å². The summed E-state index contributed by atoms with van der Waals surface area (Å²) in [5.74, 6) is -0.794. The number of carbonyl (C=O) groups is 1. The molecule has 18 heavy (non-hydrogen) atoms. The van der Waals surface area contributed by atoms with E-state index in [2.05, 4.69) is 9.46 Å². The zero-order valence-electron chi connectivity index (χ0n) is 10.6. The van der Waals surface area contributed by atoms with Crippen molar-refractivity contribution in [2.24, 2.45) is 0 Å². The van der Waals surface area contributed by atoms with Crippen LogP contribution in [-0.2, 0) is 24.3 Å². The molecule has 0 rings (SSSR count). The van der Waals surface area contributed by atoms with Crippen molar-refractivity contribution >= 4 is 16.0 Å². The van der Waals surface area contributed by atoms with Gasteiger partial charge in [0.25, 0.3) is 0 Å². The van der Waals surface area contributed by atoms with Crippen LogP contribution in [0, 0.1) is 0 Å². The minimum Gasteiger partial charge on any atom is -0.466 e. The average molecular weight is 283 g/mol. The van der Waals surface area contributed by atoms with Crippen LogP contribution in [0.1, 0.15) is 19.8 Å². The summed E-state index contributed by atoms with van der Waals surface area (Å²) >= 11 is 0. The van der Waals surface area contributed by atoms with Crippen molar-refractivity contribution in [1.82, 2.24) is 4.72 Å². The second kappa shape index (κ2) is 10.2. The molecule has 0 aliphatic heterocycles. The molecule has 0 aromatic heterocycles. The van der Waals surface area contributed by atoms with E-state index in [1.54, 1.807) is 6.92 Å². The van der Waals surface area contributed by atoms with Crippen molar-refractivity contribution in [2.75, 3.05) is 38.7 Å². The number of rotatable bonds is 11. The van der Waals surface area contributed by atoms with Crippen LogP contribution in [0.25, 0.3) is 0 Å². The van der Waals surface area contributed by atoms with E-state index in [0.717, 1.165) is 0 Å². The maximum Gasteiger partial charge on any atom is 0.306 e. The SMILES string of the molecule is CCOC(=O)CCS(=O)(=O)NCCCOCCO. The number of esters is 1. The van der Waals surface area contributed by atoms with Gasteiger partial charge in [-0.3, -0.25) is 4.79 Å². The second-order valence-corrected chi connectivity index (χ2v) is 5.38. The van der Waals surface area contributed by atoms with E-state index in [1.165, 1.54) is 0 Å². The normalized spacial score (nSPS) is 11.4. The van der Waals surface area contributed by atoms with Gasteiger partial charge in [-0.1, -0.05) is 0 Å². The molecule has 0 aromatic carbocycles. The van der Waals surface area contributed by atoms with Gasteiger partial charge in [0.2, 0.25) is 10.0 Å². The van der Waals surface area contributed by atoms with E-state index < -0.39 is 16.0 Å². The molecule has 0 heterocycles. The van der Waals surface area contributed by atoms with Gasteiger partial charge in [-0.25, -0.2) is 13.1 Å². The van der Waals surface area contributed by atoms with Gasteiger partial charge in [0.05, 0.1) is 32.0 Å². The molecule has 0 bridgehead atoms. The van der Waals surface area contributed by atoms with Gasteiger partial charge in [-0.2, -0.15) is 0 Å². The molecule has 2 N–H and O–H groups in total. The highest BCUT2D eigenvalue weighted by atomic mass is 32.2. The quantitative estimate of drug-likeness (QED) is 0.382. The first-order valence-corrected chi connectivity index (χ1v) is 7.48. The van der Waals surface area contributed by atoms with E-state index in [9.17, 15) is 13.2 Å². The average Bonchev–Trinajstić information content (AvgIpc) is 2.32. The lowest BCUT2D eigenvalue weighted by Gasteiger charge is -2.06. The summed E-state index contributed by atoms with van der Waals surface area (Å²) in [6.07, 6.45) is 0.364. The largest absolute Gasteiger partial charge is 0.466 e. The van der Waals surface area contributed by atoms with Crippen molar-refractivity contribution in [3.8, 4) is 0 Å². The molecule has 8 heteroatoms. The van der Waals surface area contributed by atoms with Crippen LogP contribution in [0.5, 0.6) is 0 Å². The Morgan fingerprint density at radius 3 is 2.67 bits per heavy atom. The second-order valence-electron chi connectivity index (χ2n) is 3.46. The zero-order chi connectivity index (χ0) is 13.9. The van der Waals surface area contributed by atoms with Crippen molar-refractivity contribution in [1.29, 1.82) is 0 Å². The van der Waals surface area contributed by atoms with Crippen LogP contribution >= 0.6 is 0 Å². The molecule has 0 fully saturated rings. The summed E-state index contributed by atoms with van der Waals surface area (Å²) in [4.78, 5) is 11.0. The number of sulfonamides is 1. The van der Waals surface area contributed by atoms with Gasteiger partial charge in [-0.05, 0) is 13.3 Å². The molecule has 0 aliphatic carbocycles. The summed E-state index contributed by atoms with van der Waals surface area (Å²) in [6, 6.07) is 0. The minimum atomic E-state index is -3.44. The van der Waals surface area contributed by atoms with Crippen LogP contribution in [0.15, 0.2) is 0 Å². The number of ether oxygens (including phenoxy) is 2. The van der Waals surface area contributed by atoms with Crippen LogP contribution in [0.3, 0.4) is 0 Å². The topological polar surface area (TPSA) is 102 Å². The highest BCUT2D eigenvalue weighted by Gasteiger charge is 2.12. The predicted octanol–water partition coefficient (Wildman–Crippen LogP) is -0.742. The standard InChI is InChI=1S/C10H21NO6S/c1-2-17-10(13)4-9-18(14,15)11-5-3-7-16-8-6-12/h11-12H,2-9H2,1H3. The van der Waals surface area contributed by atoms with Gasteiger partial charge in [-0.15, -0.1) is 0 Å². The number of hydrogen-bond acceptors (Lipinski definition) is 6. The Balaban J connectivity index is 3.64. The van der Waals surface area contributed by atoms with Crippen LogP contribution in [0.2, 0.25) is 0 Å². The molecule has 0 unspecified atom stereocenters. The minimum absolute atomic E-state index is 0.0503. The smallest absolute Gasteiger partial charge is 0.306 e. The van der Waals surface area contributed by atoms with Crippen molar-refractivity contribution < 1.29 is 27.8 Å². The first-order valence-electron chi connectivity index (χ1n) is 5.83. The molecule has 7 nitrogen and oxygen atoms in total. The fourth-order valence-electron chi connectivity index (χ4n) is 1.09. The molecule has 0 atom stereocenters. The van der Waals surface area contributed by atoms with Gasteiger partial charge in [0.15, 0.2) is 0 Å². The number of aliphatic hydroxyl groups is 1. The summed E-state index contributed by atoms with van der Waals surface area (Å²) in [5.41, 5.74) is 0. The fraction of sp³-hybridized carbons (Fsp3) is 0.900. The third kappa shape index (κ3) is 10.5. The summed E-state index contributed by atoms with van der Waals surface area (Å²) in [7, 11) is -3.44. The Hall–Kier alpha value is -0.700. The highest BCUT2D eigenvalue weighted by molar-refractivity contribution is 7.89. The number of hydrogen-bond donors (Lipinski definition) is 2. The first-order chi connectivity index (χ1) is 8.52. The van der Waals surface area contributed by atoms with E-state index in [0.29, 0.717) is 13.0 Å². The molecule has 0 saturated heterocycles. The number of carbonyl (C=O) groups excluding carboxylic acids is 1. The molecule has 0 aliphatic rings. The van der Waals surface area contributed by atoms with Gasteiger partial charge in [0.1, 0.15) is 0 Å². The Morgan fingerprint density at radius 2 is 2.06 bits per heavy atom. The molecule has 0 radical (unpaired) electrons. The van der Waals surface area contributed by atoms with Gasteiger partial charge in [0, 0.05) is 13.2 Å². The highest BCUT2D eigenvalue weighted by Crippen LogP contribution is 1.93. The van der Waals surface area contributed by atoms with Crippen molar-refractivity contribution in [2.45, 2.75) is 19.8 Å². The Labute approximate surface area is 108 Å². The molecule has 0 amide bonds. The first kappa shape index (κ1) is 17.3. The van der Waals surface area contributed by atoms with Crippen LogP contribution in [0.4, 0.5) is 0 Å². The molecular weight excluding hydrogens is 262 g/mol. The van der Waals surface area contributed by atoms with Gasteiger partial charge < -0.3 is 14.6 Å². The Bertz CT molecular complexity index is 316. The molecule has 108 valence electrons. The molecule has 0 aromatic rings. The van der Waals surface area contributed by atoms with Crippen molar-refractivity contribution in [3.63, 3.8) is 0 Å².